The molecule has 0 radical (unpaired) electrons. The maximum atomic E-state index is 14.6. The third-order valence-corrected chi connectivity index (χ3v) is 7.10. The zero-order chi connectivity index (χ0) is 25.3. The van der Waals surface area contributed by atoms with E-state index in [9.17, 15) is 14.0 Å². The lowest BCUT2D eigenvalue weighted by Gasteiger charge is -2.26. The number of hydrogen-bond donors (Lipinski definition) is 3. The third kappa shape index (κ3) is 5.31. The summed E-state index contributed by atoms with van der Waals surface area (Å²) in [6, 6.07) is 9.47. The van der Waals surface area contributed by atoms with Crippen LogP contribution in [0.1, 0.15) is 75.3 Å². The van der Waals surface area contributed by atoms with E-state index in [2.05, 4.69) is 27.9 Å². The van der Waals surface area contributed by atoms with E-state index >= 15 is 0 Å². The van der Waals surface area contributed by atoms with Crippen molar-refractivity contribution in [3.63, 3.8) is 0 Å². The zero-order valence-corrected chi connectivity index (χ0v) is 20.8. The molecule has 0 aliphatic heterocycles. The number of amides is 2. The molecule has 1 fully saturated rings. The van der Waals surface area contributed by atoms with Gasteiger partial charge in [-0.15, -0.1) is 0 Å². The summed E-state index contributed by atoms with van der Waals surface area (Å²) in [6.45, 7) is 6.25. The van der Waals surface area contributed by atoms with E-state index in [1.807, 2.05) is 24.4 Å². The molecule has 2 atom stereocenters. The first-order valence-corrected chi connectivity index (χ1v) is 12.2. The number of benzene rings is 1. The Bertz CT molecular complexity index is 1240. The smallest absolute Gasteiger partial charge is 0.252 e. The van der Waals surface area contributed by atoms with E-state index in [4.69, 9.17) is 5.73 Å². The molecule has 35 heavy (non-hydrogen) atoms. The van der Waals surface area contributed by atoms with Crippen molar-refractivity contribution in [1.82, 2.24) is 14.9 Å². The fraction of sp³-hybridized carbons (Fsp3) is 0.444. The summed E-state index contributed by atoms with van der Waals surface area (Å²) < 4.78 is 16.2. The SMILES string of the molecule is CC(=O)NC(c1cccc(-c2cc3c(NC(C)C(C)(C)F)c(C(N)=O)cnn3c2)c1)C1CCCC1. The molecular formula is C27H34FN5O2. The highest BCUT2D eigenvalue weighted by Crippen LogP contribution is 2.37. The van der Waals surface area contributed by atoms with Crippen LogP contribution in [-0.4, -0.2) is 33.1 Å². The van der Waals surface area contributed by atoms with Crippen molar-refractivity contribution in [2.24, 2.45) is 11.7 Å². The number of hydrogen-bond acceptors (Lipinski definition) is 4. The van der Waals surface area contributed by atoms with Crippen LogP contribution < -0.4 is 16.4 Å². The Balaban J connectivity index is 1.76. The number of primary amides is 1. The van der Waals surface area contributed by atoms with Crippen LogP contribution in [0.25, 0.3) is 16.6 Å². The molecule has 2 unspecified atom stereocenters. The second kappa shape index (κ2) is 9.68. The lowest BCUT2D eigenvalue weighted by atomic mass is 9.90. The minimum absolute atomic E-state index is 0.0311. The topological polar surface area (TPSA) is 102 Å². The van der Waals surface area contributed by atoms with E-state index in [-0.39, 0.29) is 17.5 Å². The summed E-state index contributed by atoms with van der Waals surface area (Å²) in [5.41, 5.74) is 8.31. The molecule has 2 amide bonds. The number of alkyl halides is 1. The van der Waals surface area contributed by atoms with Crippen LogP contribution in [0.3, 0.4) is 0 Å². The fourth-order valence-corrected chi connectivity index (χ4v) is 4.84. The Labute approximate surface area is 205 Å². The maximum absolute atomic E-state index is 14.6. The number of anilines is 1. The number of aromatic nitrogens is 2. The average Bonchev–Trinajstić information content (AvgIpc) is 3.47. The number of halogens is 1. The summed E-state index contributed by atoms with van der Waals surface area (Å²) in [7, 11) is 0. The highest BCUT2D eigenvalue weighted by Gasteiger charge is 2.28. The van der Waals surface area contributed by atoms with E-state index in [1.165, 1.54) is 32.9 Å². The van der Waals surface area contributed by atoms with E-state index in [0.29, 0.717) is 17.1 Å². The predicted octanol–water partition coefficient (Wildman–Crippen LogP) is 5.02. The average molecular weight is 480 g/mol. The van der Waals surface area contributed by atoms with Crippen molar-refractivity contribution in [3.8, 4) is 11.1 Å². The molecule has 1 aromatic carbocycles. The van der Waals surface area contributed by atoms with Crippen LogP contribution in [0.15, 0.2) is 42.7 Å². The van der Waals surface area contributed by atoms with Gasteiger partial charge in [-0.05, 0) is 62.8 Å². The van der Waals surface area contributed by atoms with Crippen molar-refractivity contribution < 1.29 is 14.0 Å². The van der Waals surface area contributed by atoms with Crippen molar-refractivity contribution in [2.75, 3.05) is 5.32 Å². The maximum Gasteiger partial charge on any atom is 0.252 e. The Morgan fingerprint density at radius 3 is 2.54 bits per heavy atom. The van der Waals surface area contributed by atoms with Crippen molar-refractivity contribution >= 4 is 23.0 Å². The minimum Gasteiger partial charge on any atom is -0.377 e. The zero-order valence-electron chi connectivity index (χ0n) is 20.8. The van der Waals surface area contributed by atoms with Gasteiger partial charge in [0.25, 0.3) is 5.91 Å². The largest absolute Gasteiger partial charge is 0.377 e. The number of carbonyl (C=O) groups excluding carboxylic acids is 2. The van der Waals surface area contributed by atoms with Crippen LogP contribution >= 0.6 is 0 Å². The second-order valence-corrected chi connectivity index (χ2v) is 10.1. The molecule has 2 heterocycles. The monoisotopic (exact) mass is 479 g/mol. The molecule has 2 aromatic heterocycles. The van der Waals surface area contributed by atoms with Gasteiger partial charge in [0.2, 0.25) is 5.91 Å². The highest BCUT2D eigenvalue weighted by molar-refractivity contribution is 6.02. The summed E-state index contributed by atoms with van der Waals surface area (Å²) in [5, 5.41) is 10.7. The fourth-order valence-electron chi connectivity index (χ4n) is 4.84. The molecule has 8 heteroatoms. The molecule has 3 aromatic rings. The standard InChI is InChI=1S/C27H34FN5O2/c1-16(27(3,4)28)31-25-22(26(29)35)14-30-33-15-21(13-23(25)33)19-10-7-11-20(12-19)24(32-17(2)34)18-8-5-6-9-18/h7,10-16,18,24,31H,5-6,8-9H2,1-4H3,(H2,29,35)(H,32,34). The normalized spacial score (nSPS) is 16.3. The Kier molecular flexibility index (Phi) is 6.83. The molecule has 1 saturated carbocycles. The van der Waals surface area contributed by atoms with Gasteiger partial charge in [0, 0.05) is 18.7 Å². The molecule has 1 aliphatic rings. The van der Waals surface area contributed by atoms with Gasteiger partial charge in [-0.25, -0.2) is 8.91 Å². The first-order chi connectivity index (χ1) is 16.5. The van der Waals surface area contributed by atoms with E-state index in [1.54, 1.807) is 18.4 Å². The quantitative estimate of drug-likeness (QED) is 0.422. The number of nitrogens with two attached hydrogens (primary N) is 1. The Morgan fingerprint density at radius 1 is 1.20 bits per heavy atom. The minimum atomic E-state index is -1.52. The molecule has 7 nitrogen and oxygen atoms in total. The number of carbonyl (C=O) groups is 2. The molecule has 4 N–H and O–H groups in total. The van der Waals surface area contributed by atoms with Crippen LogP contribution in [0.4, 0.5) is 10.1 Å². The Morgan fingerprint density at radius 2 is 1.91 bits per heavy atom. The number of nitrogens with one attached hydrogen (secondary N) is 2. The molecule has 4 rings (SSSR count). The number of fused-ring (bicyclic) bond motifs is 1. The molecule has 0 bridgehead atoms. The van der Waals surface area contributed by atoms with Crippen molar-refractivity contribution in [3.05, 3.63) is 53.9 Å². The lowest BCUT2D eigenvalue weighted by Crippen LogP contribution is -2.36. The van der Waals surface area contributed by atoms with Gasteiger partial charge in [-0.2, -0.15) is 5.10 Å². The molecular weight excluding hydrogens is 445 g/mol. The van der Waals surface area contributed by atoms with Gasteiger partial charge in [0.1, 0.15) is 5.67 Å². The van der Waals surface area contributed by atoms with Crippen molar-refractivity contribution in [1.29, 1.82) is 0 Å². The lowest BCUT2D eigenvalue weighted by molar-refractivity contribution is -0.120. The van der Waals surface area contributed by atoms with Gasteiger partial charge >= 0.3 is 0 Å². The molecule has 0 saturated heterocycles. The summed E-state index contributed by atoms with van der Waals surface area (Å²) >= 11 is 0. The van der Waals surface area contributed by atoms with E-state index < -0.39 is 17.6 Å². The molecule has 0 spiro atoms. The van der Waals surface area contributed by atoms with Gasteiger partial charge in [-0.1, -0.05) is 31.0 Å². The highest BCUT2D eigenvalue weighted by atomic mass is 19.1. The second-order valence-electron chi connectivity index (χ2n) is 10.1. The van der Waals surface area contributed by atoms with Crippen LogP contribution in [0, 0.1) is 5.92 Å². The first-order valence-electron chi connectivity index (χ1n) is 12.2. The summed E-state index contributed by atoms with van der Waals surface area (Å²) in [5.74, 6) is -0.250. The van der Waals surface area contributed by atoms with Crippen LogP contribution in [0.2, 0.25) is 0 Å². The van der Waals surface area contributed by atoms with Gasteiger partial charge in [0.15, 0.2) is 0 Å². The summed E-state index contributed by atoms with van der Waals surface area (Å²) in [4.78, 5) is 24.1. The predicted molar refractivity (Wildman–Crippen MR) is 136 cm³/mol. The number of nitrogens with zero attached hydrogens (tertiary/aromatic N) is 2. The molecule has 186 valence electrons. The first kappa shape index (κ1) is 24.7. The summed E-state index contributed by atoms with van der Waals surface area (Å²) in [6.07, 6.45) is 7.85. The van der Waals surface area contributed by atoms with Crippen LogP contribution in [0.5, 0.6) is 0 Å². The van der Waals surface area contributed by atoms with E-state index in [0.717, 1.165) is 29.5 Å². The Hall–Kier alpha value is -3.42. The van der Waals surface area contributed by atoms with Gasteiger partial charge < -0.3 is 16.4 Å². The third-order valence-electron chi connectivity index (χ3n) is 7.10. The van der Waals surface area contributed by atoms with Crippen molar-refractivity contribution in [2.45, 2.75) is 71.1 Å². The van der Waals surface area contributed by atoms with Gasteiger partial charge in [-0.3, -0.25) is 9.59 Å². The van der Waals surface area contributed by atoms with Gasteiger partial charge in [0.05, 0.1) is 35.0 Å². The molecule has 1 aliphatic carbocycles. The number of rotatable bonds is 8. The van der Waals surface area contributed by atoms with Crippen LogP contribution in [-0.2, 0) is 4.79 Å².